The first-order chi connectivity index (χ1) is 18.4. The minimum atomic E-state index is -0.595. The summed E-state index contributed by atoms with van der Waals surface area (Å²) in [7, 11) is 0. The molecule has 0 aromatic rings. The van der Waals surface area contributed by atoms with E-state index in [1.807, 2.05) is 0 Å². The molecular formula is C34H54O4. The molecule has 214 valence electrons. The van der Waals surface area contributed by atoms with Gasteiger partial charge in [-0.2, -0.15) is 0 Å². The monoisotopic (exact) mass is 526 g/mol. The van der Waals surface area contributed by atoms with Gasteiger partial charge < -0.3 is 9.47 Å². The molecule has 0 N–H and O–H groups in total. The quantitative estimate of drug-likeness (QED) is 0.160. The molecule has 0 radical (unpaired) electrons. The van der Waals surface area contributed by atoms with Crippen LogP contribution in [0.25, 0.3) is 0 Å². The first-order valence-corrected chi connectivity index (χ1v) is 16.8. The van der Waals surface area contributed by atoms with Gasteiger partial charge in [0.05, 0.1) is 35.2 Å². The maximum absolute atomic E-state index is 15.2. The molecule has 38 heavy (non-hydrogen) atoms. The molecule has 4 nitrogen and oxygen atoms in total. The minimum Gasteiger partial charge on any atom is -0.368 e. The minimum absolute atomic E-state index is 0.00216. The molecule has 6 aliphatic carbocycles. The summed E-state index contributed by atoms with van der Waals surface area (Å²) < 4.78 is 12.9. The number of ether oxygens (including phenoxy) is 2. The van der Waals surface area contributed by atoms with Crippen molar-refractivity contribution >= 4 is 11.6 Å². The van der Waals surface area contributed by atoms with Gasteiger partial charge in [0.15, 0.2) is 0 Å². The Morgan fingerprint density at radius 1 is 0.605 bits per heavy atom. The Bertz CT molecular complexity index is 835. The van der Waals surface area contributed by atoms with Crippen LogP contribution in [0.4, 0.5) is 0 Å². The van der Waals surface area contributed by atoms with E-state index in [2.05, 4.69) is 27.7 Å². The van der Waals surface area contributed by atoms with Crippen molar-refractivity contribution in [2.24, 2.45) is 33.5 Å². The number of epoxide rings is 2. The van der Waals surface area contributed by atoms with Crippen LogP contribution in [0.5, 0.6) is 0 Å². The first-order valence-electron chi connectivity index (χ1n) is 16.8. The van der Waals surface area contributed by atoms with Crippen molar-refractivity contribution in [1.82, 2.24) is 0 Å². The molecule has 2 aliphatic heterocycles. The van der Waals surface area contributed by atoms with Crippen molar-refractivity contribution in [3.05, 3.63) is 0 Å². The fraction of sp³-hybridized carbons (Fsp3) is 0.941. The zero-order chi connectivity index (χ0) is 26.8. The molecule has 8 unspecified atom stereocenters. The molecule has 8 aliphatic rings. The topological polar surface area (TPSA) is 59.2 Å². The molecule has 2 saturated heterocycles. The molecule has 0 aromatic carbocycles. The van der Waals surface area contributed by atoms with Crippen LogP contribution < -0.4 is 0 Å². The third kappa shape index (κ3) is 3.60. The number of hydrogen-bond acceptors (Lipinski definition) is 4. The Morgan fingerprint density at radius 3 is 1.26 bits per heavy atom. The third-order valence-electron chi connectivity index (χ3n) is 13.0. The predicted octanol–water partition coefficient (Wildman–Crippen LogP) is 7.99. The lowest BCUT2D eigenvalue weighted by atomic mass is 9.39. The highest BCUT2D eigenvalue weighted by molar-refractivity contribution is 6.42. The molecule has 0 aromatic heterocycles. The van der Waals surface area contributed by atoms with E-state index >= 15 is 9.59 Å². The van der Waals surface area contributed by atoms with Crippen LogP contribution >= 0.6 is 0 Å². The van der Waals surface area contributed by atoms with Crippen LogP contribution in [0.3, 0.4) is 0 Å². The van der Waals surface area contributed by atoms with Gasteiger partial charge in [0.25, 0.3) is 0 Å². The summed E-state index contributed by atoms with van der Waals surface area (Å²) in [6.07, 6.45) is 20.0. The van der Waals surface area contributed by atoms with Gasteiger partial charge in [0.1, 0.15) is 0 Å². The van der Waals surface area contributed by atoms with E-state index in [1.54, 1.807) is 0 Å². The van der Waals surface area contributed by atoms with Crippen LogP contribution in [0, 0.1) is 33.5 Å². The van der Waals surface area contributed by atoms with Crippen molar-refractivity contribution in [2.45, 2.75) is 168 Å². The van der Waals surface area contributed by atoms with Crippen molar-refractivity contribution in [1.29, 1.82) is 0 Å². The highest BCUT2D eigenvalue weighted by Crippen LogP contribution is 2.74. The van der Waals surface area contributed by atoms with Gasteiger partial charge in [-0.25, -0.2) is 0 Å². The molecule has 6 saturated carbocycles. The SMILES string of the molecule is CCCCC1(CCCC)CC2CCC1(C(=O)C(=O)C13CCC(CC1(CCCC)CCCC)C1OC13)C1OC21. The molecule has 4 bridgehead atoms. The van der Waals surface area contributed by atoms with Crippen LogP contribution in [0.15, 0.2) is 0 Å². The zero-order valence-corrected chi connectivity index (χ0v) is 24.8. The highest BCUT2D eigenvalue weighted by atomic mass is 16.6. The van der Waals surface area contributed by atoms with Gasteiger partial charge in [0.2, 0.25) is 11.6 Å². The van der Waals surface area contributed by atoms with E-state index in [1.165, 1.54) is 0 Å². The molecule has 2 heterocycles. The van der Waals surface area contributed by atoms with Gasteiger partial charge in [-0.05, 0) is 86.9 Å². The predicted molar refractivity (Wildman–Crippen MR) is 150 cm³/mol. The van der Waals surface area contributed by atoms with Crippen LogP contribution in [-0.4, -0.2) is 36.0 Å². The normalized spacial score (nSPS) is 42.4. The second kappa shape index (κ2) is 9.97. The highest BCUT2D eigenvalue weighted by Gasteiger charge is 2.80. The molecule has 0 spiro atoms. The Morgan fingerprint density at radius 2 is 0.947 bits per heavy atom. The molecule has 8 atom stereocenters. The number of Topliss-reactive ketones (excluding diaryl/α,β-unsaturated/α-hetero) is 2. The van der Waals surface area contributed by atoms with Gasteiger partial charge in [-0.1, -0.05) is 79.1 Å². The average molecular weight is 527 g/mol. The molecular weight excluding hydrogens is 472 g/mol. The summed E-state index contributed by atoms with van der Waals surface area (Å²) >= 11 is 0. The van der Waals surface area contributed by atoms with Gasteiger partial charge >= 0.3 is 0 Å². The summed E-state index contributed by atoms with van der Waals surface area (Å²) in [6.45, 7) is 9.07. The van der Waals surface area contributed by atoms with E-state index in [-0.39, 0.29) is 46.8 Å². The summed E-state index contributed by atoms with van der Waals surface area (Å²) in [4.78, 5) is 30.5. The van der Waals surface area contributed by atoms with E-state index in [0.717, 1.165) is 116 Å². The fourth-order valence-electron chi connectivity index (χ4n) is 11.1. The maximum atomic E-state index is 15.2. The Labute approximate surface area is 231 Å². The van der Waals surface area contributed by atoms with Gasteiger partial charge in [-0.15, -0.1) is 0 Å². The maximum Gasteiger partial charge on any atom is 0.208 e. The number of ketones is 2. The Kier molecular flexibility index (Phi) is 7.19. The van der Waals surface area contributed by atoms with Crippen molar-refractivity contribution in [3.63, 3.8) is 0 Å². The fourth-order valence-corrected chi connectivity index (χ4v) is 11.1. The molecule has 4 heteroatoms. The lowest BCUT2D eigenvalue weighted by molar-refractivity contribution is -0.175. The van der Waals surface area contributed by atoms with E-state index in [9.17, 15) is 0 Å². The number of fused-ring (bicyclic) bond motifs is 4. The van der Waals surface area contributed by atoms with E-state index < -0.39 is 10.8 Å². The molecule has 0 amide bonds. The summed E-state index contributed by atoms with van der Waals surface area (Å²) in [5, 5.41) is 0. The number of rotatable bonds is 15. The lowest BCUT2D eigenvalue weighted by Gasteiger charge is -2.61. The largest absolute Gasteiger partial charge is 0.368 e. The average Bonchev–Trinajstić information content (AvgIpc) is 3.86. The van der Waals surface area contributed by atoms with Crippen LogP contribution in [-0.2, 0) is 19.1 Å². The summed E-state index contributed by atoms with van der Waals surface area (Å²) in [5.41, 5.74) is -1.31. The number of hydrogen-bond donors (Lipinski definition) is 0. The van der Waals surface area contributed by atoms with Crippen LogP contribution in [0.2, 0.25) is 0 Å². The van der Waals surface area contributed by atoms with Crippen molar-refractivity contribution in [2.75, 3.05) is 0 Å². The second-order valence-electron chi connectivity index (χ2n) is 14.6. The van der Waals surface area contributed by atoms with Gasteiger partial charge in [-0.3, -0.25) is 9.59 Å². The van der Waals surface area contributed by atoms with Crippen LogP contribution in [0.1, 0.15) is 143 Å². The number of unbranched alkanes of at least 4 members (excludes halogenated alkanes) is 4. The molecule has 8 rings (SSSR count). The summed E-state index contributed by atoms with van der Waals surface area (Å²) in [5.74, 6) is 1.18. The van der Waals surface area contributed by atoms with E-state index in [4.69, 9.17) is 9.47 Å². The van der Waals surface area contributed by atoms with Crippen molar-refractivity contribution < 1.29 is 19.1 Å². The molecule has 8 fully saturated rings. The third-order valence-corrected chi connectivity index (χ3v) is 13.0. The Hall–Kier alpha value is -0.740. The first kappa shape index (κ1) is 27.4. The number of carbonyl (C=O) groups excluding carboxylic acids is 2. The summed E-state index contributed by atoms with van der Waals surface area (Å²) in [6, 6.07) is 0. The number of carbonyl (C=O) groups is 2. The van der Waals surface area contributed by atoms with Crippen molar-refractivity contribution in [3.8, 4) is 0 Å². The van der Waals surface area contributed by atoms with E-state index in [0.29, 0.717) is 11.8 Å². The van der Waals surface area contributed by atoms with Gasteiger partial charge in [0, 0.05) is 0 Å². The zero-order valence-electron chi connectivity index (χ0n) is 24.8. The Balaban J connectivity index is 1.42. The lowest BCUT2D eigenvalue weighted by Crippen LogP contribution is -2.67. The smallest absolute Gasteiger partial charge is 0.208 e. The standard InChI is InChI=1S/C34H54O4/c1-5-9-15-31(16-10-6-2)21-23-13-19-33(31,29-25(23)37-29)27(35)28(36)34-20-14-24(26-30(34)38-26)22-32(34,17-11-7-3)18-12-8-4/h23-26,29-30H,5-22H2,1-4H3. The second-order valence-corrected chi connectivity index (χ2v) is 14.6.